The molecule has 4 heteroatoms. The fraction of sp³-hybridized carbons (Fsp3) is 0. The molecule has 2 heterocycles. The summed E-state index contributed by atoms with van der Waals surface area (Å²) in [6.45, 7) is 0. The first kappa shape index (κ1) is 7.07. The molecule has 2 aromatic rings. The van der Waals surface area contributed by atoms with Crippen molar-refractivity contribution in [1.29, 1.82) is 5.26 Å². The van der Waals surface area contributed by atoms with Crippen molar-refractivity contribution in [3.63, 3.8) is 0 Å². The predicted molar refractivity (Wildman–Crippen MR) is 48.7 cm³/mol. The molecule has 2 N–H and O–H groups in total. The number of nitrogen functional groups attached to an aromatic ring is 1. The minimum atomic E-state index is 0.312. The molecule has 3 nitrogen and oxygen atoms in total. The molecular formula is C8H5N3S. The Labute approximate surface area is 73.1 Å². The van der Waals surface area contributed by atoms with Crippen LogP contribution < -0.4 is 5.73 Å². The molecule has 0 radical (unpaired) electrons. The Balaban J connectivity index is 2.84. The van der Waals surface area contributed by atoms with E-state index in [2.05, 4.69) is 4.98 Å². The van der Waals surface area contributed by atoms with Crippen LogP contribution in [0.4, 0.5) is 5.82 Å². The second-order valence-corrected chi connectivity index (χ2v) is 3.24. The van der Waals surface area contributed by atoms with Gasteiger partial charge in [0.05, 0.1) is 5.56 Å². The first-order valence-corrected chi connectivity index (χ1v) is 4.23. The summed E-state index contributed by atoms with van der Waals surface area (Å²) in [6.07, 6.45) is 0. The summed E-state index contributed by atoms with van der Waals surface area (Å²) >= 11 is 1.52. The number of thiophene rings is 1. The van der Waals surface area contributed by atoms with Gasteiger partial charge in [-0.2, -0.15) is 5.26 Å². The lowest BCUT2D eigenvalue weighted by atomic mass is 10.2. The average Bonchev–Trinajstić information content (AvgIpc) is 2.49. The maximum absolute atomic E-state index is 8.65. The molecule has 2 aromatic heterocycles. The Kier molecular flexibility index (Phi) is 1.45. The van der Waals surface area contributed by atoms with Crippen molar-refractivity contribution < 1.29 is 0 Å². The molecule has 58 valence electrons. The normalized spacial score (nSPS) is 9.92. The lowest BCUT2D eigenvalue weighted by molar-refractivity contribution is 1.40. The number of hydrogen-bond acceptors (Lipinski definition) is 4. The van der Waals surface area contributed by atoms with Crippen molar-refractivity contribution in [2.45, 2.75) is 0 Å². The highest BCUT2D eigenvalue weighted by molar-refractivity contribution is 7.16. The van der Waals surface area contributed by atoms with E-state index in [0.29, 0.717) is 11.4 Å². The highest BCUT2D eigenvalue weighted by Gasteiger charge is 2.02. The van der Waals surface area contributed by atoms with Gasteiger partial charge in [0.1, 0.15) is 16.7 Å². The van der Waals surface area contributed by atoms with E-state index in [1.165, 1.54) is 11.3 Å². The Morgan fingerprint density at radius 3 is 3.17 bits per heavy atom. The number of pyridine rings is 1. The van der Waals surface area contributed by atoms with E-state index in [0.717, 1.165) is 10.2 Å². The molecule has 0 bridgehead atoms. The first-order chi connectivity index (χ1) is 5.81. The molecule has 0 aliphatic heterocycles. The molecule has 2 rings (SSSR count). The van der Waals surface area contributed by atoms with E-state index in [1.54, 1.807) is 6.07 Å². The smallest absolute Gasteiger partial charge is 0.143 e. The summed E-state index contributed by atoms with van der Waals surface area (Å²) in [6, 6.07) is 5.68. The summed E-state index contributed by atoms with van der Waals surface area (Å²) in [5.74, 6) is 0.312. The minimum absolute atomic E-state index is 0.312. The zero-order valence-corrected chi connectivity index (χ0v) is 6.93. The van der Waals surface area contributed by atoms with Crippen LogP contribution in [0, 0.1) is 11.3 Å². The lowest BCUT2D eigenvalue weighted by Gasteiger charge is -1.94. The molecule has 0 aliphatic carbocycles. The van der Waals surface area contributed by atoms with Crippen molar-refractivity contribution in [2.75, 3.05) is 5.73 Å². The number of aromatic nitrogens is 1. The molecular weight excluding hydrogens is 170 g/mol. The largest absolute Gasteiger partial charge is 0.383 e. The predicted octanol–water partition coefficient (Wildman–Crippen LogP) is 1.75. The van der Waals surface area contributed by atoms with Gasteiger partial charge in [0.15, 0.2) is 0 Å². The molecule has 0 spiro atoms. The second kappa shape index (κ2) is 2.47. The van der Waals surface area contributed by atoms with Gasteiger partial charge in [0.25, 0.3) is 0 Å². The van der Waals surface area contributed by atoms with Crippen molar-refractivity contribution >= 4 is 27.4 Å². The Hall–Kier alpha value is -1.60. The Bertz CT molecular complexity index is 467. The highest BCUT2D eigenvalue weighted by atomic mass is 32.1. The van der Waals surface area contributed by atoms with Crippen molar-refractivity contribution in [1.82, 2.24) is 4.98 Å². The fourth-order valence-corrected chi connectivity index (χ4v) is 1.76. The van der Waals surface area contributed by atoms with E-state index >= 15 is 0 Å². The molecule has 0 saturated heterocycles. The van der Waals surface area contributed by atoms with Crippen LogP contribution in [0.15, 0.2) is 17.5 Å². The Morgan fingerprint density at radius 2 is 2.42 bits per heavy atom. The zero-order chi connectivity index (χ0) is 8.55. The molecule has 0 aromatic carbocycles. The molecule has 0 fully saturated rings. The number of rotatable bonds is 0. The highest BCUT2D eigenvalue weighted by Crippen LogP contribution is 2.22. The molecule has 0 aliphatic rings. The van der Waals surface area contributed by atoms with Crippen LogP contribution in [0.5, 0.6) is 0 Å². The average molecular weight is 175 g/mol. The number of nitrogens with two attached hydrogens (primary N) is 1. The molecule has 0 saturated carbocycles. The summed E-state index contributed by atoms with van der Waals surface area (Å²) in [5.41, 5.74) is 5.97. The monoisotopic (exact) mass is 175 g/mol. The van der Waals surface area contributed by atoms with Crippen LogP contribution in [0.2, 0.25) is 0 Å². The van der Waals surface area contributed by atoms with Crippen LogP contribution in [0.1, 0.15) is 5.56 Å². The molecule has 0 amide bonds. The van der Waals surface area contributed by atoms with Crippen LogP contribution in [-0.4, -0.2) is 4.98 Å². The van der Waals surface area contributed by atoms with Gasteiger partial charge in [-0.05, 0) is 17.5 Å². The van der Waals surface area contributed by atoms with Crippen molar-refractivity contribution in [3.8, 4) is 6.07 Å². The third-order valence-corrected chi connectivity index (χ3v) is 2.41. The summed E-state index contributed by atoms with van der Waals surface area (Å²) in [4.78, 5) is 4.96. The molecule has 12 heavy (non-hydrogen) atoms. The number of anilines is 1. The van der Waals surface area contributed by atoms with Gasteiger partial charge in [-0.15, -0.1) is 11.3 Å². The number of nitrogens with zero attached hydrogens (tertiary/aromatic N) is 2. The van der Waals surface area contributed by atoms with Gasteiger partial charge >= 0.3 is 0 Å². The van der Waals surface area contributed by atoms with E-state index in [-0.39, 0.29) is 0 Å². The van der Waals surface area contributed by atoms with Crippen molar-refractivity contribution in [3.05, 3.63) is 23.1 Å². The van der Waals surface area contributed by atoms with Gasteiger partial charge in [-0.1, -0.05) is 0 Å². The van der Waals surface area contributed by atoms with Gasteiger partial charge in [0.2, 0.25) is 0 Å². The summed E-state index contributed by atoms with van der Waals surface area (Å²) < 4.78 is 0. The summed E-state index contributed by atoms with van der Waals surface area (Å²) in [7, 11) is 0. The SMILES string of the molecule is N#Cc1cc2ccsc2nc1N. The minimum Gasteiger partial charge on any atom is -0.383 e. The maximum Gasteiger partial charge on any atom is 0.143 e. The zero-order valence-electron chi connectivity index (χ0n) is 6.11. The van der Waals surface area contributed by atoms with Crippen molar-refractivity contribution in [2.24, 2.45) is 0 Å². The quantitative estimate of drug-likeness (QED) is 0.663. The Morgan fingerprint density at radius 1 is 1.58 bits per heavy atom. The van der Waals surface area contributed by atoms with Gasteiger partial charge in [-0.25, -0.2) is 4.98 Å². The first-order valence-electron chi connectivity index (χ1n) is 3.35. The fourth-order valence-electron chi connectivity index (χ4n) is 1.00. The summed E-state index contributed by atoms with van der Waals surface area (Å²) in [5, 5.41) is 11.6. The van der Waals surface area contributed by atoms with Crippen LogP contribution in [0.3, 0.4) is 0 Å². The van der Waals surface area contributed by atoms with Gasteiger partial charge in [-0.3, -0.25) is 0 Å². The van der Waals surface area contributed by atoms with Crippen LogP contribution in [0.25, 0.3) is 10.2 Å². The third-order valence-electron chi connectivity index (χ3n) is 1.59. The van der Waals surface area contributed by atoms with Gasteiger partial charge < -0.3 is 5.73 Å². The second-order valence-electron chi connectivity index (χ2n) is 2.35. The molecule has 0 unspecified atom stereocenters. The van der Waals surface area contributed by atoms with E-state index < -0.39 is 0 Å². The third kappa shape index (κ3) is 0.917. The number of hydrogen-bond donors (Lipinski definition) is 1. The lowest BCUT2D eigenvalue weighted by Crippen LogP contribution is -1.93. The molecule has 0 atom stereocenters. The topological polar surface area (TPSA) is 62.7 Å². The van der Waals surface area contributed by atoms with Crippen LogP contribution in [-0.2, 0) is 0 Å². The van der Waals surface area contributed by atoms with Crippen LogP contribution >= 0.6 is 11.3 Å². The number of fused-ring (bicyclic) bond motifs is 1. The van der Waals surface area contributed by atoms with E-state index in [1.807, 2.05) is 17.5 Å². The van der Waals surface area contributed by atoms with E-state index in [9.17, 15) is 0 Å². The maximum atomic E-state index is 8.65. The van der Waals surface area contributed by atoms with Gasteiger partial charge in [0, 0.05) is 5.39 Å². The standard InChI is InChI=1S/C8H5N3S/c9-4-6-3-5-1-2-12-8(5)11-7(6)10/h1-3H,(H2,10,11). The number of nitriles is 1. The van der Waals surface area contributed by atoms with E-state index in [4.69, 9.17) is 11.0 Å².